The fourth-order valence-corrected chi connectivity index (χ4v) is 2.80. The first-order chi connectivity index (χ1) is 11.1. The summed E-state index contributed by atoms with van der Waals surface area (Å²) in [4.78, 5) is 14.4. The number of nitrogens with one attached hydrogen (secondary N) is 1. The molecule has 4 nitrogen and oxygen atoms in total. The standard InChI is InChI=1S/C18H19FN2O2/c19-15-6-2-1-5-14(15)18(23)20-16-7-3-4-8-17(16)21-11-9-13(22)10-12-21/h1-8,13,22H,9-12H2,(H,20,23). The van der Waals surface area contributed by atoms with Gasteiger partial charge in [0, 0.05) is 13.1 Å². The summed E-state index contributed by atoms with van der Waals surface area (Å²) in [5.74, 6) is -1.00. The second-order valence-electron chi connectivity index (χ2n) is 5.67. The molecule has 1 amide bonds. The van der Waals surface area contributed by atoms with Gasteiger partial charge in [0.2, 0.25) is 0 Å². The average Bonchev–Trinajstić information content (AvgIpc) is 2.56. The topological polar surface area (TPSA) is 52.6 Å². The fourth-order valence-electron chi connectivity index (χ4n) is 2.80. The van der Waals surface area contributed by atoms with Crippen molar-refractivity contribution in [3.05, 3.63) is 59.9 Å². The van der Waals surface area contributed by atoms with Crippen molar-refractivity contribution >= 4 is 17.3 Å². The van der Waals surface area contributed by atoms with E-state index in [1.54, 1.807) is 18.2 Å². The van der Waals surface area contributed by atoms with Crippen LogP contribution in [0, 0.1) is 5.82 Å². The molecule has 1 saturated heterocycles. The van der Waals surface area contributed by atoms with Crippen LogP contribution in [0.1, 0.15) is 23.2 Å². The Balaban J connectivity index is 1.81. The highest BCUT2D eigenvalue weighted by molar-refractivity contribution is 6.06. The predicted molar refractivity (Wildman–Crippen MR) is 88.2 cm³/mol. The van der Waals surface area contributed by atoms with Gasteiger partial charge in [0.15, 0.2) is 0 Å². The summed E-state index contributed by atoms with van der Waals surface area (Å²) in [5.41, 5.74) is 1.57. The van der Waals surface area contributed by atoms with E-state index in [1.807, 2.05) is 18.2 Å². The van der Waals surface area contributed by atoms with E-state index in [9.17, 15) is 14.3 Å². The molecule has 0 atom stereocenters. The van der Waals surface area contributed by atoms with Crippen molar-refractivity contribution in [2.24, 2.45) is 0 Å². The van der Waals surface area contributed by atoms with Crippen LogP contribution in [0.15, 0.2) is 48.5 Å². The molecule has 2 N–H and O–H groups in total. The lowest BCUT2D eigenvalue weighted by Gasteiger charge is -2.32. The molecule has 2 aromatic carbocycles. The van der Waals surface area contributed by atoms with Crippen molar-refractivity contribution in [3.8, 4) is 0 Å². The Bertz CT molecular complexity index is 697. The van der Waals surface area contributed by atoms with E-state index in [2.05, 4.69) is 10.2 Å². The van der Waals surface area contributed by atoms with E-state index in [0.29, 0.717) is 18.5 Å². The van der Waals surface area contributed by atoms with Gasteiger partial charge in [0.25, 0.3) is 5.91 Å². The summed E-state index contributed by atoms with van der Waals surface area (Å²) in [6.45, 7) is 1.46. The third-order valence-corrected chi connectivity index (χ3v) is 4.08. The van der Waals surface area contributed by atoms with Crippen LogP contribution in [0.25, 0.3) is 0 Å². The van der Waals surface area contributed by atoms with E-state index >= 15 is 0 Å². The molecule has 1 aliphatic rings. The lowest BCUT2D eigenvalue weighted by atomic mass is 10.1. The highest BCUT2D eigenvalue weighted by Gasteiger charge is 2.20. The number of anilines is 2. The Morgan fingerprint density at radius 2 is 1.74 bits per heavy atom. The van der Waals surface area contributed by atoms with Gasteiger partial charge in [-0.1, -0.05) is 24.3 Å². The molecule has 120 valence electrons. The highest BCUT2D eigenvalue weighted by Crippen LogP contribution is 2.28. The molecule has 3 rings (SSSR count). The van der Waals surface area contributed by atoms with Crippen LogP contribution in [0.3, 0.4) is 0 Å². The lowest BCUT2D eigenvalue weighted by Crippen LogP contribution is -2.36. The minimum atomic E-state index is -0.538. The fraction of sp³-hybridized carbons (Fsp3) is 0.278. The Labute approximate surface area is 134 Å². The van der Waals surface area contributed by atoms with Crippen molar-refractivity contribution in [2.45, 2.75) is 18.9 Å². The van der Waals surface area contributed by atoms with Crippen LogP contribution in [0.2, 0.25) is 0 Å². The molecule has 0 spiro atoms. The summed E-state index contributed by atoms with van der Waals surface area (Å²) < 4.78 is 13.7. The zero-order valence-corrected chi connectivity index (χ0v) is 12.7. The minimum absolute atomic E-state index is 0.0244. The van der Waals surface area contributed by atoms with Crippen LogP contribution < -0.4 is 10.2 Å². The molecule has 0 aromatic heterocycles. The van der Waals surface area contributed by atoms with Gasteiger partial charge in [-0.2, -0.15) is 0 Å². The number of nitrogens with zero attached hydrogens (tertiary/aromatic N) is 1. The maximum absolute atomic E-state index is 13.7. The number of hydrogen-bond donors (Lipinski definition) is 2. The minimum Gasteiger partial charge on any atom is -0.393 e. The second kappa shape index (κ2) is 6.79. The number of aliphatic hydroxyl groups is 1. The van der Waals surface area contributed by atoms with Crippen LogP contribution in [0.5, 0.6) is 0 Å². The monoisotopic (exact) mass is 314 g/mol. The molecule has 0 saturated carbocycles. The van der Waals surface area contributed by atoms with Crippen molar-refractivity contribution in [1.82, 2.24) is 0 Å². The Morgan fingerprint density at radius 1 is 1.09 bits per heavy atom. The molecule has 0 radical (unpaired) electrons. The van der Waals surface area contributed by atoms with Crippen molar-refractivity contribution < 1.29 is 14.3 Å². The van der Waals surface area contributed by atoms with Crippen LogP contribution in [0.4, 0.5) is 15.8 Å². The molecule has 23 heavy (non-hydrogen) atoms. The molecule has 1 aliphatic heterocycles. The Morgan fingerprint density at radius 3 is 2.48 bits per heavy atom. The van der Waals surface area contributed by atoms with Gasteiger partial charge in [-0.15, -0.1) is 0 Å². The van der Waals surface area contributed by atoms with E-state index in [0.717, 1.165) is 18.8 Å². The van der Waals surface area contributed by atoms with E-state index in [4.69, 9.17) is 0 Å². The van der Waals surface area contributed by atoms with Crippen molar-refractivity contribution in [3.63, 3.8) is 0 Å². The summed E-state index contributed by atoms with van der Waals surface area (Å²) in [5, 5.41) is 12.4. The van der Waals surface area contributed by atoms with Crippen molar-refractivity contribution in [2.75, 3.05) is 23.3 Å². The largest absolute Gasteiger partial charge is 0.393 e. The first kappa shape index (κ1) is 15.5. The predicted octanol–water partition coefficient (Wildman–Crippen LogP) is 3.04. The van der Waals surface area contributed by atoms with Crippen LogP contribution in [-0.2, 0) is 0 Å². The Hall–Kier alpha value is -2.40. The summed E-state index contributed by atoms with van der Waals surface area (Å²) in [7, 11) is 0. The smallest absolute Gasteiger partial charge is 0.258 e. The molecule has 2 aromatic rings. The number of amides is 1. The Kier molecular flexibility index (Phi) is 4.57. The van der Waals surface area contributed by atoms with Crippen LogP contribution in [-0.4, -0.2) is 30.2 Å². The summed E-state index contributed by atoms with van der Waals surface area (Å²) in [6.07, 6.45) is 1.15. The summed E-state index contributed by atoms with van der Waals surface area (Å²) >= 11 is 0. The van der Waals surface area contributed by atoms with Gasteiger partial charge < -0.3 is 15.3 Å². The maximum atomic E-state index is 13.7. The summed E-state index contributed by atoms with van der Waals surface area (Å²) in [6, 6.07) is 13.4. The highest BCUT2D eigenvalue weighted by atomic mass is 19.1. The number of carbonyl (C=O) groups excluding carboxylic acids is 1. The van der Waals surface area contributed by atoms with Gasteiger partial charge in [0.05, 0.1) is 23.0 Å². The van der Waals surface area contributed by atoms with Gasteiger partial charge in [-0.05, 0) is 37.1 Å². The quantitative estimate of drug-likeness (QED) is 0.915. The number of benzene rings is 2. The number of carbonyl (C=O) groups is 1. The van der Waals surface area contributed by atoms with Gasteiger partial charge in [-0.3, -0.25) is 4.79 Å². The molecular formula is C18H19FN2O2. The third-order valence-electron chi connectivity index (χ3n) is 4.08. The molecule has 1 fully saturated rings. The number of para-hydroxylation sites is 2. The molecule has 0 unspecified atom stereocenters. The average molecular weight is 314 g/mol. The molecular weight excluding hydrogens is 295 g/mol. The molecule has 0 aliphatic carbocycles. The van der Waals surface area contributed by atoms with E-state index in [1.165, 1.54) is 12.1 Å². The maximum Gasteiger partial charge on any atom is 0.258 e. The number of piperidine rings is 1. The van der Waals surface area contributed by atoms with Gasteiger partial charge >= 0.3 is 0 Å². The number of hydrogen-bond acceptors (Lipinski definition) is 3. The molecule has 1 heterocycles. The van der Waals surface area contributed by atoms with E-state index < -0.39 is 11.7 Å². The zero-order chi connectivity index (χ0) is 16.2. The van der Waals surface area contributed by atoms with Crippen LogP contribution >= 0.6 is 0 Å². The first-order valence-corrected chi connectivity index (χ1v) is 7.73. The SMILES string of the molecule is O=C(Nc1ccccc1N1CCC(O)CC1)c1ccccc1F. The molecule has 5 heteroatoms. The van der Waals surface area contributed by atoms with Crippen molar-refractivity contribution in [1.29, 1.82) is 0 Å². The van der Waals surface area contributed by atoms with Gasteiger partial charge in [0.1, 0.15) is 5.82 Å². The lowest BCUT2D eigenvalue weighted by molar-refractivity contribution is 0.102. The number of halogens is 1. The zero-order valence-electron chi connectivity index (χ0n) is 12.7. The first-order valence-electron chi connectivity index (χ1n) is 7.73. The number of rotatable bonds is 3. The third kappa shape index (κ3) is 3.51. The van der Waals surface area contributed by atoms with E-state index in [-0.39, 0.29) is 11.7 Å². The second-order valence-corrected chi connectivity index (χ2v) is 5.67. The normalized spacial score (nSPS) is 15.5. The number of aliphatic hydroxyl groups excluding tert-OH is 1. The van der Waals surface area contributed by atoms with Gasteiger partial charge in [-0.25, -0.2) is 4.39 Å². The molecule has 0 bridgehead atoms.